The first kappa shape index (κ1) is 8.12. The SMILES string of the molecule is COc1ccc2c(c1C)C[C@H]2C#N. The van der Waals surface area contributed by atoms with Gasteiger partial charge in [-0.05, 0) is 36.1 Å². The number of benzene rings is 1. The molecule has 0 saturated heterocycles. The maximum Gasteiger partial charge on any atom is 0.122 e. The summed E-state index contributed by atoms with van der Waals surface area (Å²) in [4.78, 5) is 0. The smallest absolute Gasteiger partial charge is 0.122 e. The van der Waals surface area contributed by atoms with Crippen molar-refractivity contribution in [2.45, 2.75) is 19.3 Å². The van der Waals surface area contributed by atoms with Crippen molar-refractivity contribution in [1.82, 2.24) is 0 Å². The molecule has 1 atom stereocenters. The Bertz CT molecular complexity index is 390. The highest BCUT2D eigenvalue weighted by atomic mass is 16.5. The number of methoxy groups -OCH3 is 1. The molecule has 0 saturated carbocycles. The van der Waals surface area contributed by atoms with Gasteiger partial charge in [0.15, 0.2) is 0 Å². The third-order valence-corrected chi connectivity index (χ3v) is 2.74. The topological polar surface area (TPSA) is 33.0 Å². The van der Waals surface area contributed by atoms with Gasteiger partial charge in [-0.25, -0.2) is 0 Å². The van der Waals surface area contributed by atoms with E-state index in [4.69, 9.17) is 10.00 Å². The second-order valence-electron chi connectivity index (χ2n) is 3.35. The number of hydrogen-bond donors (Lipinski definition) is 0. The average Bonchev–Trinajstić information content (AvgIpc) is 2.09. The molecule has 0 bridgehead atoms. The number of rotatable bonds is 1. The molecule has 2 heteroatoms. The lowest BCUT2D eigenvalue weighted by atomic mass is 9.76. The summed E-state index contributed by atoms with van der Waals surface area (Å²) >= 11 is 0. The minimum Gasteiger partial charge on any atom is -0.496 e. The molecule has 0 unspecified atom stereocenters. The van der Waals surface area contributed by atoms with Crippen LogP contribution in [-0.2, 0) is 6.42 Å². The van der Waals surface area contributed by atoms with Gasteiger partial charge in [-0.2, -0.15) is 5.26 Å². The van der Waals surface area contributed by atoms with Crippen molar-refractivity contribution in [3.8, 4) is 11.8 Å². The zero-order valence-electron chi connectivity index (χ0n) is 7.79. The summed E-state index contributed by atoms with van der Waals surface area (Å²) in [5.74, 6) is 1.04. The van der Waals surface area contributed by atoms with Gasteiger partial charge in [0.1, 0.15) is 5.75 Å². The van der Waals surface area contributed by atoms with E-state index in [0.29, 0.717) is 0 Å². The minimum atomic E-state index is 0.111. The van der Waals surface area contributed by atoms with Gasteiger partial charge in [-0.15, -0.1) is 0 Å². The van der Waals surface area contributed by atoms with E-state index in [9.17, 15) is 0 Å². The molecule has 0 radical (unpaired) electrons. The Morgan fingerprint density at radius 2 is 2.31 bits per heavy atom. The summed E-state index contributed by atoms with van der Waals surface area (Å²) in [6.07, 6.45) is 0.884. The van der Waals surface area contributed by atoms with Crippen molar-refractivity contribution in [3.63, 3.8) is 0 Å². The lowest BCUT2D eigenvalue weighted by molar-refractivity contribution is 0.409. The predicted octanol–water partition coefficient (Wildman–Crippen LogP) is 2.17. The third kappa shape index (κ3) is 1.01. The zero-order chi connectivity index (χ0) is 9.42. The van der Waals surface area contributed by atoms with Gasteiger partial charge in [0, 0.05) is 0 Å². The molecule has 0 aliphatic heterocycles. The fourth-order valence-corrected chi connectivity index (χ4v) is 1.87. The maximum absolute atomic E-state index is 8.77. The van der Waals surface area contributed by atoms with Crippen LogP contribution < -0.4 is 4.74 Å². The predicted molar refractivity (Wildman–Crippen MR) is 49.8 cm³/mol. The normalized spacial score (nSPS) is 18.4. The Morgan fingerprint density at radius 1 is 1.54 bits per heavy atom. The first-order valence-electron chi connectivity index (χ1n) is 4.34. The highest BCUT2D eigenvalue weighted by Crippen LogP contribution is 2.39. The zero-order valence-corrected chi connectivity index (χ0v) is 7.79. The highest BCUT2D eigenvalue weighted by Gasteiger charge is 2.28. The number of fused-ring (bicyclic) bond motifs is 1. The van der Waals surface area contributed by atoms with Crippen LogP contribution in [-0.4, -0.2) is 7.11 Å². The van der Waals surface area contributed by atoms with Crippen LogP contribution in [0.25, 0.3) is 0 Å². The molecule has 1 aliphatic rings. The molecule has 1 aliphatic carbocycles. The molecule has 13 heavy (non-hydrogen) atoms. The quantitative estimate of drug-likeness (QED) is 0.652. The Hall–Kier alpha value is -1.49. The Morgan fingerprint density at radius 3 is 2.92 bits per heavy atom. The Kier molecular flexibility index (Phi) is 1.73. The first-order valence-corrected chi connectivity index (χ1v) is 4.34. The van der Waals surface area contributed by atoms with E-state index in [2.05, 4.69) is 6.07 Å². The van der Waals surface area contributed by atoms with Crippen molar-refractivity contribution in [2.75, 3.05) is 7.11 Å². The van der Waals surface area contributed by atoms with E-state index in [-0.39, 0.29) is 5.92 Å². The van der Waals surface area contributed by atoms with E-state index in [1.165, 1.54) is 16.7 Å². The summed E-state index contributed by atoms with van der Waals surface area (Å²) in [5.41, 5.74) is 3.67. The molecule has 0 fully saturated rings. The summed E-state index contributed by atoms with van der Waals surface area (Å²) in [7, 11) is 1.68. The molecule has 0 spiro atoms. The van der Waals surface area contributed by atoms with E-state index < -0.39 is 0 Å². The Labute approximate surface area is 77.8 Å². The van der Waals surface area contributed by atoms with Crippen LogP contribution in [0.1, 0.15) is 22.6 Å². The van der Waals surface area contributed by atoms with Crippen LogP contribution in [0, 0.1) is 18.3 Å². The summed E-state index contributed by atoms with van der Waals surface area (Å²) in [6, 6.07) is 6.22. The number of nitriles is 1. The molecule has 1 aromatic carbocycles. The number of hydrogen-bond acceptors (Lipinski definition) is 2. The Balaban J connectivity index is 2.47. The van der Waals surface area contributed by atoms with Gasteiger partial charge >= 0.3 is 0 Å². The van der Waals surface area contributed by atoms with E-state index in [1.807, 2.05) is 19.1 Å². The van der Waals surface area contributed by atoms with Crippen molar-refractivity contribution in [3.05, 3.63) is 28.8 Å². The fraction of sp³-hybridized carbons (Fsp3) is 0.364. The van der Waals surface area contributed by atoms with Crippen LogP contribution in [0.4, 0.5) is 0 Å². The van der Waals surface area contributed by atoms with Gasteiger partial charge in [-0.3, -0.25) is 0 Å². The summed E-state index contributed by atoms with van der Waals surface area (Å²) in [6.45, 7) is 2.05. The molecule has 0 N–H and O–H groups in total. The molecule has 0 heterocycles. The van der Waals surface area contributed by atoms with Crippen molar-refractivity contribution >= 4 is 0 Å². The van der Waals surface area contributed by atoms with Crippen LogP contribution >= 0.6 is 0 Å². The molecule has 66 valence electrons. The van der Waals surface area contributed by atoms with Crippen LogP contribution in [0.3, 0.4) is 0 Å². The van der Waals surface area contributed by atoms with E-state index >= 15 is 0 Å². The lowest BCUT2D eigenvalue weighted by Crippen LogP contribution is -2.17. The lowest BCUT2D eigenvalue weighted by Gasteiger charge is -2.27. The van der Waals surface area contributed by atoms with Gasteiger partial charge in [0.2, 0.25) is 0 Å². The molecule has 2 nitrogen and oxygen atoms in total. The highest BCUT2D eigenvalue weighted by molar-refractivity contribution is 5.53. The molecule has 1 aromatic rings. The molecule has 0 amide bonds. The van der Waals surface area contributed by atoms with E-state index in [0.717, 1.165) is 12.2 Å². The van der Waals surface area contributed by atoms with Crippen molar-refractivity contribution in [1.29, 1.82) is 5.26 Å². The molecular weight excluding hydrogens is 162 g/mol. The first-order chi connectivity index (χ1) is 6.27. The van der Waals surface area contributed by atoms with Gasteiger partial charge in [0.25, 0.3) is 0 Å². The average molecular weight is 173 g/mol. The molecule has 0 aromatic heterocycles. The maximum atomic E-state index is 8.77. The van der Waals surface area contributed by atoms with Gasteiger partial charge < -0.3 is 4.74 Å². The number of ether oxygens (including phenoxy) is 1. The monoisotopic (exact) mass is 173 g/mol. The third-order valence-electron chi connectivity index (χ3n) is 2.74. The van der Waals surface area contributed by atoms with Crippen molar-refractivity contribution in [2.24, 2.45) is 0 Å². The van der Waals surface area contributed by atoms with Crippen molar-refractivity contribution < 1.29 is 4.74 Å². The van der Waals surface area contributed by atoms with Gasteiger partial charge in [0.05, 0.1) is 19.1 Å². The second kappa shape index (κ2) is 2.77. The second-order valence-corrected chi connectivity index (χ2v) is 3.35. The number of nitrogens with zero attached hydrogens (tertiary/aromatic N) is 1. The fourth-order valence-electron chi connectivity index (χ4n) is 1.87. The minimum absolute atomic E-state index is 0.111. The molecular formula is C11H11NO. The van der Waals surface area contributed by atoms with Gasteiger partial charge in [-0.1, -0.05) is 6.07 Å². The molecule has 2 rings (SSSR count). The standard InChI is InChI=1S/C11H11NO/c1-7-10-5-8(6-12)9(10)3-4-11(7)13-2/h3-4,8H,5H2,1-2H3/t8-/m0/s1. The van der Waals surface area contributed by atoms with Crippen LogP contribution in [0.2, 0.25) is 0 Å². The van der Waals surface area contributed by atoms with Crippen LogP contribution in [0.15, 0.2) is 12.1 Å². The summed E-state index contributed by atoms with van der Waals surface area (Å²) < 4.78 is 5.20. The van der Waals surface area contributed by atoms with Crippen LogP contribution in [0.5, 0.6) is 5.75 Å². The largest absolute Gasteiger partial charge is 0.496 e. The summed E-state index contributed by atoms with van der Waals surface area (Å²) in [5, 5.41) is 8.77. The van der Waals surface area contributed by atoms with E-state index in [1.54, 1.807) is 7.11 Å².